The molecule has 0 saturated heterocycles. The maximum atomic E-state index is 14.3. The van der Waals surface area contributed by atoms with Crippen LogP contribution >= 0.6 is 23.2 Å². The number of methoxy groups -OCH3 is 2. The molecule has 0 saturated carbocycles. The molecule has 4 rings (SSSR count). The van der Waals surface area contributed by atoms with Gasteiger partial charge >= 0.3 is 0 Å². The first-order valence-electron chi connectivity index (χ1n) is 12.1. The minimum absolute atomic E-state index is 0.0807. The quantitative estimate of drug-likeness (QED) is 0.373. The summed E-state index contributed by atoms with van der Waals surface area (Å²) in [4.78, 5) is 32.2. The van der Waals surface area contributed by atoms with Crippen LogP contribution in [-0.2, 0) is 21.5 Å². The molecule has 0 bridgehead atoms. The van der Waals surface area contributed by atoms with E-state index in [1.165, 1.54) is 0 Å². The van der Waals surface area contributed by atoms with E-state index in [4.69, 9.17) is 32.7 Å². The van der Waals surface area contributed by atoms with E-state index in [9.17, 15) is 9.59 Å². The van der Waals surface area contributed by atoms with Crippen LogP contribution in [-0.4, -0.2) is 58.6 Å². The van der Waals surface area contributed by atoms with E-state index in [1.54, 1.807) is 60.2 Å². The van der Waals surface area contributed by atoms with Crippen LogP contribution < -0.4 is 19.3 Å². The summed E-state index contributed by atoms with van der Waals surface area (Å²) in [6.45, 7) is 2.37. The molecule has 0 spiro atoms. The van der Waals surface area contributed by atoms with Gasteiger partial charge in [0.15, 0.2) is 0 Å². The fourth-order valence-corrected chi connectivity index (χ4v) is 5.31. The van der Waals surface area contributed by atoms with Crippen LogP contribution in [0, 0.1) is 0 Å². The first-order chi connectivity index (χ1) is 18.0. The van der Waals surface area contributed by atoms with Crippen molar-refractivity contribution < 1.29 is 19.1 Å². The number of halogens is 2. The summed E-state index contributed by atoms with van der Waals surface area (Å²) in [5.74, 6) is 1.03. The van der Waals surface area contributed by atoms with Gasteiger partial charge in [-0.25, -0.2) is 0 Å². The van der Waals surface area contributed by atoms with Gasteiger partial charge in [-0.15, -0.1) is 0 Å². The van der Waals surface area contributed by atoms with Crippen LogP contribution in [0.25, 0.3) is 0 Å². The zero-order valence-corrected chi connectivity index (χ0v) is 23.9. The van der Waals surface area contributed by atoms with Gasteiger partial charge in [0.25, 0.3) is 0 Å². The van der Waals surface area contributed by atoms with Crippen molar-refractivity contribution in [3.8, 4) is 11.5 Å². The van der Waals surface area contributed by atoms with Crippen LogP contribution in [0.5, 0.6) is 11.5 Å². The lowest BCUT2D eigenvalue weighted by molar-refractivity contribution is -0.121. The Balaban J connectivity index is 1.81. The van der Waals surface area contributed by atoms with Crippen LogP contribution in [0.2, 0.25) is 10.0 Å². The lowest BCUT2D eigenvalue weighted by Gasteiger charge is -2.28. The van der Waals surface area contributed by atoms with Crippen LogP contribution in [0.4, 0.5) is 11.4 Å². The Labute approximate surface area is 233 Å². The summed E-state index contributed by atoms with van der Waals surface area (Å²) in [7, 11) is 8.56. The summed E-state index contributed by atoms with van der Waals surface area (Å²) in [5, 5.41) is 0.935. The van der Waals surface area contributed by atoms with Crippen LogP contribution in [0.1, 0.15) is 23.6 Å². The number of hydrogen-bond acceptors (Lipinski definition) is 5. The van der Waals surface area contributed by atoms with Crippen molar-refractivity contribution in [2.24, 2.45) is 0 Å². The van der Waals surface area contributed by atoms with Crippen molar-refractivity contribution in [2.75, 3.05) is 51.7 Å². The molecule has 1 heterocycles. The van der Waals surface area contributed by atoms with E-state index in [0.29, 0.717) is 32.8 Å². The number of amides is 2. The third-order valence-electron chi connectivity index (χ3n) is 6.99. The maximum Gasteiger partial charge on any atom is 0.242 e. The Morgan fingerprint density at radius 1 is 0.947 bits per heavy atom. The van der Waals surface area contributed by atoms with Crippen molar-refractivity contribution >= 4 is 46.4 Å². The lowest BCUT2D eigenvalue weighted by Crippen LogP contribution is -2.39. The highest BCUT2D eigenvalue weighted by atomic mass is 35.5. The van der Waals surface area contributed by atoms with Crippen molar-refractivity contribution in [1.29, 1.82) is 0 Å². The summed E-state index contributed by atoms with van der Waals surface area (Å²) < 4.78 is 10.9. The Bertz CT molecular complexity index is 1390. The molecule has 1 aliphatic heterocycles. The lowest BCUT2D eigenvalue weighted by atomic mass is 9.77. The molecule has 0 aromatic heterocycles. The van der Waals surface area contributed by atoms with Crippen molar-refractivity contribution in [3.63, 3.8) is 0 Å². The highest BCUT2D eigenvalue weighted by Gasteiger charge is 2.50. The monoisotopic (exact) mass is 555 g/mol. The molecule has 7 nitrogen and oxygen atoms in total. The average Bonchev–Trinajstić information content (AvgIpc) is 3.10. The zero-order valence-electron chi connectivity index (χ0n) is 22.3. The number of likely N-dealkylation sites (N-methyl/N-ethyl adjacent to an activating group) is 2. The van der Waals surface area contributed by atoms with Crippen molar-refractivity contribution in [1.82, 2.24) is 4.90 Å². The summed E-state index contributed by atoms with van der Waals surface area (Å²) in [6, 6.07) is 16.3. The predicted molar refractivity (Wildman–Crippen MR) is 152 cm³/mol. The Morgan fingerprint density at radius 3 is 2.34 bits per heavy atom. The highest BCUT2D eigenvalue weighted by Crippen LogP contribution is 2.50. The van der Waals surface area contributed by atoms with Gasteiger partial charge < -0.3 is 24.2 Å². The van der Waals surface area contributed by atoms with Gasteiger partial charge in [0.1, 0.15) is 16.9 Å². The maximum absolute atomic E-state index is 14.3. The van der Waals surface area contributed by atoms with E-state index < -0.39 is 5.41 Å². The molecule has 200 valence electrons. The fourth-order valence-electron chi connectivity index (χ4n) is 4.83. The molecular weight excluding hydrogens is 525 g/mol. The molecule has 38 heavy (non-hydrogen) atoms. The van der Waals surface area contributed by atoms with E-state index in [1.807, 2.05) is 51.4 Å². The Kier molecular flexibility index (Phi) is 7.93. The van der Waals surface area contributed by atoms with Gasteiger partial charge in [0, 0.05) is 40.1 Å². The second-order valence-corrected chi connectivity index (χ2v) is 10.6. The number of rotatable bonds is 8. The average molecular weight is 556 g/mol. The Morgan fingerprint density at radius 2 is 1.68 bits per heavy atom. The zero-order chi connectivity index (χ0) is 27.8. The number of hydrogen-bond donors (Lipinski definition) is 0. The summed E-state index contributed by atoms with van der Waals surface area (Å²) >= 11 is 13.2. The van der Waals surface area contributed by atoms with E-state index >= 15 is 0 Å². The van der Waals surface area contributed by atoms with Crippen LogP contribution in [0.15, 0.2) is 54.6 Å². The molecule has 0 radical (unpaired) electrons. The molecule has 0 fully saturated rings. The topological polar surface area (TPSA) is 62.3 Å². The second-order valence-electron chi connectivity index (χ2n) is 9.71. The normalized spacial score (nSPS) is 16.6. The molecule has 1 atom stereocenters. The molecule has 3 aromatic carbocycles. The predicted octanol–water partition coefficient (Wildman–Crippen LogP) is 5.39. The minimum Gasteiger partial charge on any atom is -0.497 e. The standard InChI is InChI=1S/C29H31Cl2N3O4/c1-29(22-14-20(9-11-24(22)31)33(4)27(35)17-32(2)3)23-13-19(30)8-12-25(23)34(28(29)36)16-18-7-10-21(37-5)15-26(18)38-6/h7-15H,16-17H2,1-6H3. The molecular formula is C29H31Cl2N3O4. The van der Waals surface area contributed by atoms with Gasteiger partial charge in [0.2, 0.25) is 11.8 Å². The van der Waals surface area contributed by atoms with Crippen molar-refractivity contribution in [2.45, 2.75) is 18.9 Å². The SMILES string of the molecule is COc1ccc(CN2C(=O)C(C)(c3cc(N(C)C(=O)CN(C)C)ccc3Cl)c3cc(Cl)ccc32)c(OC)c1. The molecule has 9 heteroatoms. The number of benzene rings is 3. The van der Waals surface area contributed by atoms with Crippen LogP contribution in [0.3, 0.4) is 0 Å². The molecule has 2 amide bonds. The first kappa shape index (κ1) is 27.8. The third-order valence-corrected chi connectivity index (χ3v) is 7.55. The fraction of sp³-hybridized carbons (Fsp3) is 0.310. The third kappa shape index (κ3) is 4.94. The first-order valence-corrected chi connectivity index (χ1v) is 12.8. The number of fused-ring (bicyclic) bond motifs is 1. The van der Waals surface area contributed by atoms with Gasteiger partial charge in [-0.05, 0) is 80.7 Å². The van der Waals surface area contributed by atoms with E-state index in [-0.39, 0.29) is 24.9 Å². The van der Waals surface area contributed by atoms with E-state index in [0.717, 1.165) is 16.8 Å². The number of carbonyl (C=O) groups excluding carboxylic acids is 2. The van der Waals surface area contributed by atoms with Gasteiger partial charge in [-0.2, -0.15) is 0 Å². The molecule has 0 N–H and O–H groups in total. The molecule has 1 unspecified atom stereocenters. The summed E-state index contributed by atoms with van der Waals surface area (Å²) in [5.41, 5.74) is 2.39. The minimum atomic E-state index is -1.14. The van der Waals surface area contributed by atoms with Crippen molar-refractivity contribution in [3.05, 3.63) is 81.3 Å². The summed E-state index contributed by atoms with van der Waals surface area (Å²) in [6.07, 6.45) is 0. The Hall–Kier alpha value is -3.26. The van der Waals surface area contributed by atoms with Gasteiger partial charge in [0.05, 0.1) is 27.3 Å². The molecule has 0 aliphatic carbocycles. The highest BCUT2D eigenvalue weighted by molar-refractivity contribution is 6.33. The number of ether oxygens (including phenoxy) is 2. The molecule has 3 aromatic rings. The van der Waals surface area contributed by atoms with Gasteiger partial charge in [-0.3, -0.25) is 9.59 Å². The molecule has 1 aliphatic rings. The van der Waals surface area contributed by atoms with E-state index in [2.05, 4.69) is 0 Å². The second kappa shape index (κ2) is 10.8. The van der Waals surface area contributed by atoms with Gasteiger partial charge in [-0.1, -0.05) is 23.2 Å². The number of nitrogens with zero attached hydrogens (tertiary/aromatic N) is 3. The number of anilines is 2. The smallest absolute Gasteiger partial charge is 0.242 e. The number of carbonyl (C=O) groups is 2. The largest absolute Gasteiger partial charge is 0.497 e.